The normalized spacial score (nSPS) is 33.9. The molecule has 1 saturated heterocycles. The minimum atomic E-state index is -0.567. The summed E-state index contributed by atoms with van der Waals surface area (Å²) in [7, 11) is 0. The molecule has 0 radical (unpaired) electrons. The molecular formula is C17H14BrCl2NO5. The van der Waals surface area contributed by atoms with Gasteiger partial charge in [0.2, 0.25) is 0 Å². The lowest BCUT2D eigenvalue weighted by molar-refractivity contribution is -0.157. The molecule has 1 heterocycles. The van der Waals surface area contributed by atoms with Crippen LogP contribution in [-0.4, -0.2) is 35.4 Å². The SMILES string of the molecule is O=C(COC(=O)[C@@H]1[C@H]2C[C@H]3[C@H](OC(=O)[C@@H]31)[C@@H]2Br)Nc1ccc(Cl)cc1Cl. The van der Waals surface area contributed by atoms with E-state index >= 15 is 0 Å². The van der Waals surface area contributed by atoms with Crippen LogP contribution in [0, 0.1) is 23.7 Å². The van der Waals surface area contributed by atoms with Crippen molar-refractivity contribution in [2.75, 3.05) is 11.9 Å². The molecule has 1 amide bonds. The molecular weight excluding hydrogens is 449 g/mol. The first-order chi connectivity index (χ1) is 12.4. The van der Waals surface area contributed by atoms with Gasteiger partial charge in [-0.25, -0.2) is 0 Å². The largest absolute Gasteiger partial charge is 0.461 e. The van der Waals surface area contributed by atoms with Crippen molar-refractivity contribution in [3.8, 4) is 0 Å². The molecule has 2 saturated carbocycles. The number of benzene rings is 1. The number of carbonyl (C=O) groups excluding carboxylic acids is 3. The van der Waals surface area contributed by atoms with Crippen LogP contribution in [0.15, 0.2) is 18.2 Å². The molecule has 9 heteroatoms. The van der Waals surface area contributed by atoms with E-state index in [1.54, 1.807) is 12.1 Å². The van der Waals surface area contributed by atoms with Gasteiger partial charge in [-0.05, 0) is 30.5 Å². The number of nitrogens with one attached hydrogen (secondary N) is 1. The number of fused-ring (bicyclic) bond motifs is 1. The van der Waals surface area contributed by atoms with Crippen LogP contribution in [0.1, 0.15) is 6.42 Å². The number of alkyl halides is 1. The molecule has 26 heavy (non-hydrogen) atoms. The molecule has 6 nitrogen and oxygen atoms in total. The van der Waals surface area contributed by atoms with Gasteiger partial charge in [-0.2, -0.15) is 0 Å². The predicted molar refractivity (Wildman–Crippen MR) is 97.2 cm³/mol. The smallest absolute Gasteiger partial charge is 0.310 e. The van der Waals surface area contributed by atoms with Crippen LogP contribution in [0.2, 0.25) is 10.0 Å². The lowest BCUT2D eigenvalue weighted by atomic mass is 9.80. The standard InChI is InChI=1S/C17H14BrCl2NO5/c18-14-7-4-8-13(17(24)26-15(8)14)12(7)16(23)25-5-11(22)21-10-2-1-6(19)3-9(10)20/h1-3,7-8,12-15H,4-5H2,(H,21,22)/t7-,8-,12-,13+,14-,15+/m1/s1. The quantitative estimate of drug-likeness (QED) is 0.549. The second-order valence-corrected chi connectivity index (χ2v) is 8.64. The van der Waals surface area contributed by atoms with E-state index in [0.717, 1.165) is 6.42 Å². The fraction of sp³-hybridized carbons (Fsp3) is 0.471. The zero-order valence-corrected chi connectivity index (χ0v) is 16.4. The first-order valence-electron chi connectivity index (χ1n) is 8.13. The van der Waals surface area contributed by atoms with E-state index < -0.39 is 30.3 Å². The molecule has 6 atom stereocenters. The molecule has 4 rings (SSSR count). The van der Waals surface area contributed by atoms with Gasteiger partial charge in [0.15, 0.2) is 6.61 Å². The fourth-order valence-corrected chi connectivity index (χ4v) is 5.80. The molecule has 2 aliphatic carbocycles. The summed E-state index contributed by atoms with van der Waals surface area (Å²) >= 11 is 15.3. The highest BCUT2D eigenvalue weighted by Crippen LogP contribution is 2.60. The van der Waals surface area contributed by atoms with Crippen LogP contribution >= 0.6 is 39.1 Å². The Hall–Kier alpha value is -1.31. The summed E-state index contributed by atoms with van der Waals surface area (Å²) in [5, 5.41) is 3.29. The molecule has 1 N–H and O–H groups in total. The number of amides is 1. The van der Waals surface area contributed by atoms with Gasteiger partial charge in [0.1, 0.15) is 6.10 Å². The first kappa shape index (κ1) is 18.1. The number of halogens is 3. The van der Waals surface area contributed by atoms with Gasteiger partial charge >= 0.3 is 11.9 Å². The van der Waals surface area contributed by atoms with E-state index in [1.165, 1.54) is 6.07 Å². The van der Waals surface area contributed by atoms with Crippen molar-refractivity contribution in [2.24, 2.45) is 23.7 Å². The predicted octanol–water partition coefficient (Wildman–Crippen LogP) is 3.05. The van der Waals surface area contributed by atoms with E-state index in [4.69, 9.17) is 32.7 Å². The summed E-state index contributed by atoms with van der Waals surface area (Å²) in [6.07, 6.45) is 0.598. The van der Waals surface area contributed by atoms with E-state index in [9.17, 15) is 14.4 Å². The highest BCUT2D eigenvalue weighted by atomic mass is 79.9. The van der Waals surface area contributed by atoms with Gasteiger partial charge in [0.25, 0.3) is 5.91 Å². The average Bonchev–Trinajstić information content (AvgIpc) is 3.19. The lowest BCUT2D eigenvalue weighted by Gasteiger charge is -2.26. The van der Waals surface area contributed by atoms with Gasteiger partial charge in [-0.15, -0.1) is 0 Å². The minimum absolute atomic E-state index is 0.0114. The van der Waals surface area contributed by atoms with Gasteiger partial charge < -0.3 is 14.8 Å². The van der Waals surface area contributed by atoms with Gasteiger partial charge in [0, 0.05) is 10.9 Å². The van der Waals surface area contributed by atoms with Crippen LogP contribution in [0.25, 0.3) is 0 Å². The zero-order valence-electron chi connectivity index (χ0n) is 13.3. The summed E-state index contributed by atoms with van der Waals surface area (Å²) in [6, 6.07) is 4.64. The number of rotatable bonds is 4. The van der Waals surface area contributed by atoms with Crippen molar-refractivity contribution in [3.63, 3.8) is 0 Å². The zero-order chi connectivity index (χ0) is 18.6. The maximum atomic E-state index is 12.5. The summed E-state index contributed by atoms with van der Waals surface area (Å²) in [5.74, 6) is -2.39. The molecule has 0 aromatic heterocycles. The Kier molecular flexibility index (Phi) is 4.65. The maximum absolute atomic E-state index is 12.5. The topological polar surface area (TPSA) is 81.7 Å². The maximum Gasteiger partial charge on any atom is 0.310 e. The van der Waals surface area contributed by atoms with Gasteiger partial charge in [-0.1, -0.05) is 39.1 Å². The molecule has 0 unspecified atom stereocenters. The molecule has 0 spiro atoms. The van der Waals surface area contributed by atoms with Crippen LogP contribution < -0.4 is 5.32 Å². The highest BCUT2D eigenvalue weighted by Gasteiger charge is 2.68. The minimum Gasteiger partial charge on any atom is -0.461 e. The molecule has 3 fully saturated rings. The van der Waals surface area contributed by atoms with E-state index in [-0.39, 0.29) is 33.8 Å². The molecule has 1 aliphatic heterocycles. The van der Waals surface area contributed by atoms with Crippen molar-refractivity contribution in [3.05, 3.63) is 28.2 Å². The number of hydrogen-bond acceptors (Lipinski definition) is 5. The van der Waals surface area contributed by atoms with Crippen LogP contribution in [0.3, 0.4) is 0 Å². The number of anilines is 1. The average molecular weight is 463 g/mol. The number of esters is 2. The second-order valence-electron chi connectivity index (χ2n) is 6.74. The Balaban J connectivity index is 1.37. The summed E-state index contributed by atoms with van der Waals surface area (Å²) in [4.78, 5) is 36.5. The molecule has 3 aliphatic rings. The van der Waals surface area contributed by atoms with Crippen molar-refractivity contribution in [1.82, 2.24) is 0 Å². The van der Waals surface area contributed by atoms with Crippen molar-refractivity contribution < 1.29 is 23.9 Å². The molecule has 1 aromatic rings. The van der Waals surface area contributed by atoms with Crippen molar-refractivity contribution in [2.45, 2.75) is 17.4 Å². The first-order valence-corrected chi connectivity index (χ1v) is 9.80. The number of hydrogen-bond donors (Lipinski definition) is 1. The molecule has 2 bridgehead atoms. The fourth-order valence-electron chi connectivity index (χ4n) is 4.30. The lowest BCUT2D eigenvalue weighted by Crippen LogP contribution is -2.39. The van der Waals surface area contributed by atoms with Gasteiger partial charge in [-0.3, -0.25) is 14.4 Å². The Labute approximate surface area is 167 Å². The third kappa shape index (κ3) is 2.90. The van der Waals surface area contributed by atoms with Crippen molar-refractivity contribution in [1.29, 1.82) is 0 Å². The Morgan fingerprint density at radius 2 is 2.08 bits per heavy atom. The Morgan fingerprint density at radius 1 is 1.31 bits per heavy atom. The number of ether oxygens (including phenoxy) is 2. The molecule has 1 aromatic carbocycles. The van der Waals surface area contributed by atoms with E-state index in [1.807, 2.05) is 0 Å². The highest BCUT2D eigenvalue weighted by molar-refractivity contribution is 9.09. The van der Waals surface area contributed by atoms with Crippen LogP contribution in [0.5, 0.6) is 0 Å². The molecule has 138 valence electrons. The Bertz CT molecular complexity index is 803. The Morgan fingerprint density at radius 3 is 2.81 bits per heavy atom. The second kappa shape index (κ2) is 6.69. The summed E-state index contributed by atoms with van der Waals surface area (Å²) < 4.78 is 10.5. The van der Waals surface area contributed by atoms with Crippen LogP contribution in [-0.2, 0) is 23.9 Å². The van der Waals surface area contributed by atoms with E-state index in [0.29, 0.717) is 10.7 Å². The summed E-state index contributed by atoms with van der Waals surface area (Å²) in [6.45, 7) is -0.455. The van der Waals surface area contributed by atoms with Crippen molar-refractivity contribution >= 4 is 62.7 Å². The van der Waals surface area contributed by atoms with Crippen LogP contribution in [0.4, 0.5) is 5.69 Å². The third-order valence-corrected chi connectivity index (χ3v) is 7.09. The summed E-state index contributed by atoms with van der Waals surface area (Å²) in [5.41, 5.74) is 0.375. The number of carbonyl (C=O) groups is 3. The third-order valence-electron chi connectivity index (χ3n) is 5.35. The van der Waals surface area contributed by atoms with E-state index in [2.05, 4.69) is 21.2 Å². The van der Waals surface area contributed by atoms with Gasteiger partial charge in [0.05, 0.1) is 27.4 Å². The monoisotopic (exact) mass is 461 g/mol.